The Morgan fingerprint density at radius 1 is 0.884 bits per heavy atom. The molecule has 0 saturated carbocycles. The van der Waals surface area contributed by atoms with Gasteiger partial charge >= 0.3 is 5.97 Å². The van der Waals surface area contributed by atoms with Gasteiger partial charge in [-0.15, -0.1) is 0 Å². The zero-order valence-electron chi connectivity index (χ0n) is 22.9. The van der Waals surface area contributed by atoms with Crippen molar-refractivity contribution < 1.29 is 23.9 Å². The summed E-state index contributed by atoms with van der Waals surface area (Å²) in [6.07, 6.45) is -1.06. The predicted octanol–water partition coefficient (Wildman–Crippen LogP) is 7.85. The molecule has 4 aromatic carbocycles. The van der Waals surface area contributed by atoms with Gasteiger partial charge in [0.2, 0.25) is 5.78 Å². The van der Waals surface area contributed by atoms with Crippen molar-refractivity contribution in [1.82, 2.24) is 4.98 Å². The van der Waals surface area contributed by atoms with E-state index in [1.54, 1.807) is 78.9 Å². The van der Waals surface area contributed by atoms with Gasteiger partial charge in [-0.25, -0.2) is 14.7 Å². The molecule has 43 heavy (non-hydrogen) atoms. The van der Waals surface area contributed by atoms with Crippen LogP contribution < -0.4 is 4.90 Å². The molecule has 2 heterocycles. The molecule has 0 aliphatic carbocycles. The van der Waals surface area contributed by atoms with Gasteiger partial charge in [-0.1, -0.05) is 63.9 Å². The van der Waals surface area contributed by atoms with Crippen molar-refractivity contribution in [2.45, 2.75) is 20.0 Å². The summed E-state index contributed by atoms with van der Waals surface area (Å²) < 4.78 is 6.41. The minimum atomic E-state index is -1.06. The van der Waals surface area contributed by atoms with Crippen molar-refractivity contribution in [3.8, 4) is 11.3 Å². The fourth-order valence-electron chi connectivity index (χ4n) is 5.13. The summed E-state index contributed by atoms with van der Waals surface area (Å²) >= 11 is 9.54. The molecule has 1 atom stereocenters. The average Bonchev–Trinajstić information content (AvgIpc) is 3.25. The number of hydrogen-bond donors (Lipinski definition) is 0. The van der Waals surface area contributed by atoms with Crippen molar-refractivity contribution in [1.29, 1.82) is 0 Å². The van der Waals surface area contributed by atoms with Crippen LogP contribution in [0.1, 0.15) is 53.9 Å². The molecule has 7 nitrogen and oxygen atoms in total. The number of carbonyl (C=O) groups is 4. The Hall–Kier alpha value is -4.66. The number of esters is 1. The number of carbonyl (C=O) groups excluding carboxylic acids is 4. The van der Waals surface area contributed by atoms with Crippen LogP contribution in [-0.4, -0.2) is 34.7 Å². The SMILES string of the molecule is Cc1cc(Br)cc2c(C(=O)OC(C)C(=O)c3cccc(Cl)c3)cc(-c3ccc(N4C(=O)c5ccccc5C4=O)cc3)nc12. The van der Waals surface area contributed by atoms with Crippen LogP contribution in [0.2, 0.25) is 5.02 Å². The van der Waals surface area contributed by atoms with Gasteiger partial charge in [-0.3, -0.25) is 14.4 Å². The van der Waals surface area contributed by atoms with Crippen LogP contribution in [0.15, 0.2) is 95.5 Å². The number of amides is 2. The fraction of sp³-hybridized carbons (Fsp3) is 0.0882. The molecule has 9 heteroatoms. The number of benzene rings is 4. The highest BCUT2D eigenvalue weighted by Gasteiger charge is 2.36. The zero-order valence-corrected chi connectivity index (χ0v) is 25.3. The third kappa shape index (κ3) is 5.24. The number of ether oxygens (including phenoxy) is 1. The number of ketones is 1. The molecular formula is C34H22BrClN2O5. The van der Waals surface area contributed by atoms with Crippen molar-refractivity contribution in [3.05, 3.63) is 128 Å². The second kappa shape index (κ2) is 11.2. The number of halogens is 2. The van der Waals surface area contributed by atoms with Crippen LogP contribution in [0.5, 0.6) is 0 Å². The van der Waals surface area contributed by atoms with Gasteiger partial charge < -0.3 is 4.74 Å². The molecule has 212 valence electrons. The number of anilines is 1. The molecule has 0 bridgehead atoms. The van der Waals surface area contributed by atoms with Crippen LogP contribution in [-0.2, 0) is 4.74 Å². The lowest BCUT2D eigenvalue weighted by molar-refractivity contribution is 0.0320. The number of aromatic nitrogens is 1. The number of imide groups is 1. The first-order valence-corrected chi connectivity index (χ1v) is 14.5. The largest absolute Gasteiger partial charge is 0.451 e. The van der Waals surface area contributed by atoms with E-state index in [1.807, 2.05) is 13.0 Å². The van der Waals surface area contributed by atoms with E-state index < -0.39 is 12.1 Å². The molecule has 1 aliphatic heterocycles. The van der Waals surface area contributed by atoms with E-state index in [-0.39, 0.29) is 23.2 Å². The maximum Gasteiger partial charge on any atom is 0.339 e. The molecule has 0 radical (unpaired) electrons. The van der Waals surface area contributed by atoms with Gasteiger partial charge in [-0.2, -0.15) is 0 Å². The number of fused-ring (bicyclic) bond motifs is 2. The van der Waals surface area contributed by atoms with Crippen LogP contribution in [0, 0.1) is 6.92 Å². The second-order valence-electron chi connectivity index (χ2n) is 10.1. The lowest BCUT2D eigenvalue weighted by Gasteiger charge is -2.16. The van der Waals surface area contributed by atoms with Crippen molar-refractivity contribution in [2.75, 3.05) is 4.90 Å². The maximum absolute atomic E-state index is 13.6. The summed E-state index contributed by atoms with van der Waals surface area (Å²) in [6, 6.07) is 25.3. The summed E-state index contributed by atoms with van der Waals surface area (Å²) in [4.78, 5) is 58.4. The first-order chi connectivity index (χ1) is 20.6. The Morgan fingerprint density at radius 3 is 2.21 bits per heavy atom. The molecule has 0 fully saturated rings. The Labute approximate surface area is 260 Å². The first kappa shape index (κ1) is 28.5. The Kier molecular flexibility index (Phi) is 7.42. The standard InChI is InChI=1S/C34H22BrClN2O5/c1-18-14-22(35)16-27-28(34(42)43-19(2)31(39)21-6-5-7-23(36)15-21)17-29(37-30(18)27)20-10-12-24(13-11-20)38-32(40)25-8-3-4-9-26(25)33(38)41/h3-17,19H,1-2H3. The summed E-state index contributed by atoms with van der Waals surface area (Å²) in [5.74, 6) is -1.83. The minimum Gasteiger partial charge on any atom is -0.451 e. The highest BCUT2D eigenvalue weighted by Crippen LogP contribution is 2.33. The molecule has 0 saturated heterocycles. The number of pyridine rings is 1. The molecule has 6 rings (SSSR count). The number of aryl methyl sites for hydroxylation is 1. The molecule has 5 aromatic rings. The lowest BCUT2D eigenvalue weighted by Crippen LogP contribution is -2.29. The monoisotopic (exact) mass is 652 g/mol. The van der Waals surface area contributed by atoms with Crippen LogP contribution in [0.4, 0.5) is 5.69 Å². The van der Waals surface area contributed by atoms with Crippen molar-refractivity contribution in [2.24, 2.45) is 0 Å². The van der Waals surface area contributed by atoms with Gasteiger partial charge in [-0.05, 0) is 74.0 Å². The Morgan fingerprint density at radius 2 is 1.56 bits per heavy atom. The quantitative estimate of drug-likeness (QED) is 0.105. The normalized spacial score (nSPS) is 13.3. The fourth-order valence-corrected chi connectivity index (χ4v) is 5.89. The highest BCUT2D eigenvalue weighted by atomic mass is 79.9. The van der Waals surface area contributed by atoms with Gasteiger partial charge in [0.1, 0.15) is 0 Å². The topological polar surface area (TPSA) is 93.6 Å². The van der Waals surface area contributed by atoms with Crippen LogP contribution in [0.25, 0.3) is 22.2 Å². The van der Waals surface area contributed by atoms with E-state index in [1.165, 1.54) is 13.0 Å². The molecule has 1 aliphatic rings. The highest BCUT2D eigenvalue weighted by molar-refractivity contribution is 9.10. The lowest BCUT2D eigenvalue weighted by atomic mass is 10.0. The Balaban J connectivity index is 1.35. The summed E-state index contributed by atoms with van der Waals surface area (Å²) in [5, 5.41) is 0.967. The summed E-state index contributed by atoms with van der Waals surface area (Å²) in [7, 11) is 0. The van der Waals surface area contributed by atoms with Crippen LogP contribution in [0.3, 0.4) is 0 Å². The molecule has 0 N–H and O–H groups in total. The number of rotatable bonds is 6. The van der Waals surface area contributed by atoms with Gasteiger partial charge in [0.05, 0.1) is 33.6 Å². The van der Waals surface area contributed by atoms with E-state index in [0.717, 1.165) is 14.9 Å². The van der Waals surface area contributed by atoms with Crippen molar-refractivity contribution in [3.63, 3.8) is 0 Å². The average molecular weight is 654 g/mol. The molecule has 0 spiro atoms. The van der Waals surface area contributed by atoms with E-state index in [4.69, 9.17) is 21.3 Å². The van der Waals surface area contributed by atoms with Gasteiger partial charge in [0.15, 0.2) is 6.10 Å². The maximum atomic E-state index is 13.6. The van der Waals surface area contributed by atoms with Gasteiger partial charge in [0, 0.05) is 26.0 Å². The van der Waals surface area contributed by atoms with E-state index in [2.05, 4.69) is 15.9 Å². The molecule has 2 amide bonds. The van der Waals surface area contributed by atoms with Crippen molar-refractivity contribution >= 4 is 67.7 Å². The summed E-state index contributed by atoms with van der Waals surface area (Å²) in [5.41, 5.74) is 4.26. The number of nitrogens with zero attached hydrogens (tertiary/aromatic N) is 2. The minimum absolute atomic E-state index is 0.236. The predicted molar refractivity (Wildman–Crippen MR) is 168 cm³/mol. The molecule has 1 aromatic heterocycles. The molecule has 1 unspecified atom stereocenters. The number of hydrogen-bond acceptors (Lipinski definition) is 6. The first-order valence-electron chi connectivity index (χ1n) is 13.3. The third-order valence-corrected chi connectivity index (χ3v) is 7.96. The smallest absolute Gasteiger partial charge is 0.339 e. The molecular weight excluding hydrogens is 632 g/mol. The van der Waals surface area contributed by atoms with Gasteiger partial charge in [0.25, 0.3) is 11.8 Å². The van der Waals surface area contributed by atoms with E-state index >= 15 is 0 Å². The van der Waals surface area contributed by atoms with E-state index in [0.29, 0.717) is 49.6 Å². The van der Waals surface area contributed by atoms with Crippen LogP contribution >= 0.6 is 27.5 Å². The van der Waals surface area contributed by atoms with E-state index in [9.17, 15) is 19.2 Å². The zero-order chi connectivity index (χ0) is 30.4. The Bertz CT molecular complexity index is 1950. The second-order valence-corrected chi connectivity index (χ2v) is 11.5. The summed E-state index contributed by atoms with van der Waals surface area (Å²) in [6.45, 7) is 3.40. The third-order valence-electron chi connectivity index (χ3n) is 7.27. The number of Topliss-reactive ketones (excluding diaryl/α,β-unsaturated/α-hetero) is 1.